The number of nitro groups is 1. The van der Waals surface area contributed by atoms with Gasteiger partial charge in [-0.25, -0.2) is 0 Å². The highest BCUT2D eigenvalue weighted by atomic mass is 32.1. The molecule has 0 bridgehead atoms. The van der Waals surface area contributed by atoms with Gasteiger partial charge in [0.15, 0.2) is 0 Å². The second kappa shape index (κ2) is 7.48. The Kier molecular flexibility index (Phi) is 5.61. The van der Waals surface area contributed by atoms with Gasteiger partial charge >= 0.3 is 0 Å². The predicted octanol–water partition coefficient (Wildman–Crippen LogP) is 1.98. The van der Waals surface area contributed by atoms with Crippen LogP contribution in [0.3, 0.4) is 0 Å². The molecule has 0 N–H and O–H groups in total. The van der Waals surface area contributed by atoms with Crippen LogP contribution in [-0.4, -0.2) is 52.7 Å². The van der Waals surface area contributed by atoms with Crippen LogP contribution in [0.1, 0.15) is 18.9 Å². The van der Waals surface area contributed by atoms with Crippen molar-refractivity contribution in [2.75, 3.05) is 26.2 Å². The van der Waals surface area contributed by atoms with E-state index in [0.717, 1.165) is 0 Å². The maximum absolute atomic E-state index is 12.5. The molecule has 24 heavy (non-hydrogen) atoms. The Morgan fingerprint density at radius 1 is 1.25 bits per heavy atom. The molecule has 0 spiro atoms. The van der Waals surface area contributed by atoms with Crippen LogP contribution >= 0.6 is 12.6 Å². The zero-order valence-electron chi connectivity index (χ0n) is 13.4. The molecule has 0 aliphatic carbocycles. The zero-order chi connectivity index (χ0) is 17.9. The number of piperazine rings is 1. The molecule has 2 rings (SSSR count). The van der Waals surface area contributed by atoms with Crippen molar-refractivity contribution in [2.24, 2.45) is 0 Å². The predicted molar refractivity (Wildman–Crippen MR) is 92.8 cm³/mol. The van der Waals surface area contributed by atoms with Crippen molar-refractivity contribution in [3.8, 4) is 0 Å². The minimum absolute atomic E-state index is 0.0703. The van der Waals surface area contributed by atoms with Gasteiger partial charge in [0.1, 0.15) is 0 Å². The minimum atomic E-state index is -0.543. The molecular formula is C16H19N3O4S. The van der Waals surface area contributed by atoms with Gasteiger partial charge in [-0.05, 0) is 11.6 Å². The number of carbonyl (C=O) groups excluding carboxylic acids is 2. The third-order valence-electron chi connectivity index (χ3n) is 4.00. The van der Waals surface area contributed by atoms with Crippen molar-refractivity contribution >= 4 is 35.7 Å². The van der Waals surface area contributed by atoms with Crippen LogP contribution in [0.2, 0.25) is 0 Å². The Balaban J connectivity index is 2.08. The van der Waals surface area contributed by atoms with Gasteiger partial charge in [0.05, 0.1) is 9.82 Å². The van der Waals surface area contributed by atoms with Crippen molar-refractivity contribution in [3.63, 3.8) is 0 Å². The Bertz CT molecular complexity index is 697. The third kappa shape index (κ3) is 3.76. The maximum Gasteiger partial charge on any atom is 0.283 e. The lowest BCUT2D eigenvalue weighted by molar-refractivity contribution is -0.387. The van der Waals surface area contributed by atoms with Crippen molar-refractivity contribution < 1.29 is 14.5 Å². The van der Waals surface area contributed by atoms with Crippen LogP contribution in [-0.2, 0) is 9.59 Å². The number of benzene rings is 1. The summed E-state index contributed by atoms with van der Waals surface area (Å²) in [6, 6.07) is 4.37. The summed E-state index contributed by atoms with van der Waals surface area (Å²) in [7, 11) is 0. The van der Waals surface area contributed by atoms with E-state index < -0.39 is 4.92 Å². The van der Waals surface area contributed by atoms with Gasteiger partial charge in [-0.15, -0.1) is 12.6 Å². The SMILES string of the molecule is C=C(C(=O)N1CCN(C(=O)CC)CC1)c1ccc(S)c([N+](=O)[O-])c1. The molecule has 1 aromatic rings. The van der Waals surface area contributed by atoms with Crippen molar-refractivity contribution in [1.29, 1.82) is 0 Å². The van der Waals surface area contributed by atoms with Gasteiger partial charge < -0.3 is 9.80 Å². The molecule has 1 heterocycles. The zero-order valence-corrected chi connectivity index (χ0v) is 14.3. The molecule has 1 fully saturated rings. The molecule has 8 heteroatoms. The van der Waals surface area contributed by atoms with Gasteiger partial charge in [0.2, 0.25) is 5.91 Å². The average molecular weight is 349 g/mol. The first-order valence-electron chi connectivity index (χ1n) is 7.58. The van der Waals surface area contributed by atoms with Crippen LogP contribution in [0.5, 0.6) is 0 Å². The van der Waals surface area contributed by atoms with E-state index in [1.807, 2.05) is 0 Å². The third-order valence-corrected chi connectivity index (χ3v) is 4.38. The number of hydrogen-bond acceptors (Lipinski definition) is 5. The largest absolute Gasteiger partial charge is 0.339 e. The van der Waals surface area contributed by atoms with E-state index in [4.69, 9.17) is 0 Å². The molecule has 0 unspecified atom stereocenters. The Hall–Kier alpha value is -2.35. The van der Waals surface area contributed by atoms with E-state index in [9.17, 15) is 19.7 Å². The molecule has 1 saturated heterocycles. The monoisotopic (exact) mass is 349 g/mol. The normalized spacial score (nSPS) is 14.4. The second-order valence-corrected chi connectivity index (χ2v) is 5.95. The molecule has 7 nitrogen and oxygen atoms in total. The van der Waals surface area contributed by atoms with E-state index in [1.165, 1.54) is 12.1 Å². The van der Waals surface area contributed by atoms with E-state index in [2.05, 4.69) is 19.2 Å². The Labute approximate surface area is 145 Å². The first kappa shape index (κ1) is 18.0. The van der Waals surface area contributed by atoms with E-state index in [1.54, 1.807) is 22.8 Å². The van der Waals surface area contributed by atoms with Gasteiger partial charge in [-0.2, -0.15) is 0 Å². The Morgan fingerprint density at radius 3 is 2.38 bits per heavy atom. The molecule has 0 aromatic heterocycles. The lowest BCUT2D eigenvalue weighted by atomic mass is 10.1. The highest BCUT2D eigenvalue weighted by Crippen LogP contribution is 2.27. The molecular weight excluding hydrogens is 330 g/mol. The van der Waals surface area contributed by atoms with Crippen LogP contribution in [0.25, 0.3) is 5.57 Å². The highest BCUT2D eigenvalue weighted by Gasteiger charge is 2.26. The summed E-state index contributed by atoms with van der Waals surface area (Å²) in [5.74, 6) is -0.208. The van der Waals surface area contributed by atoms with Gasteiger partial charge in [0, 0.05) is 44.2 Å². The van der Waals surface area contributed by atoms with Crippen LogP contribution < -0.4 is 0 Å². The summed E-state index contributed by atoms with van der Waals surface area (Å²) in [5, 5.41) is 11.0. The van der Waals surface area contributed by atoms with Gasteiger partial charge in [-0.3, -0.25) is 19.7 Å². The number of hydrogen-bond donors (Lipinski definition) is 1. The molecule has 1 aromatic carbocycles. The number of carbonyl (C=O) groups is 2. The van der Waals surface area contributed by atoms with Crippen molar-refractivity contribution in [1.82, 2.24) is 9.80 Å². The van der Waals surface area contributed by atoms with Crippen molar-refractivity contribution in [2.45, 2.75) is 18.2 Å². The van der Waals surface area contributed by atoms with E-state index in [-0.39, 0.29) is 28.0 Å². The summed E-state index contributed by atoms with van der Waals surface area (Å²) in [6.45, 7) is 7.42. The summed E-state index contributed by atoms with van der Waals surface area (Å²) >= 11 is 4.04. The highest BCUT2D eigenvalue weighted by molar-refractivity contribution is 7.80. The lowest BCUT2D eigenvalue weighted by Gasteiger charge is -2.35. The fourth-order valence-electron chi connectivity index (χ4n) is 2.55. The molecule has 1 aliphatic rings. The van der Waals surface area contributed by atoms with Crippen LogP contribution in [0, 0.1) is 10.1 Å². The number of rotatable bonds is 4. The number of thiol groups is 1. The number of nitro benzene ring substituents is 1. The number of amides is 2. The van der Waals surface area contributed by atoms with Crippen molar-refractivity contribution in [3.05, 3.63) is 40.5 Å². The molecule has 1 aliphatic heterocycles. The van der Waals surface area contributed by atoms with Crippen LogP contribution in [0.4, 0.5) is 5.69 Å². The Morgan fingerprint density at radius 2 is 1.83 bits per heavy atom. The quantitative estimate of drug-likeness (QED) is 0.390. The second-order valence-electron chi connectivity index (χ2n) is 5.47. The standard InChI is InChI=1S/C16H19N3O4S/c1-3-15(20)17-6-8-18(9-7-17)16(21)11(2)12-4-5-14(24)13(10-12)19(22)23/h4-5,10,24H,2-3,6-9H2,1H3. The molecule has 128 valence electrons. The fourth-order valence-corrected chi connectivity index (χ4v) is 2.78. The smallest absolute Gasteiger partial charge is 0.283 e. The summed E-state index contributed by atoms with van der Waals surface area (Å²) in [5.41, 5.74) is 0.432. The lowest BCUT2D eigenvalue weighted by Crippen LogP contribution is -2.50. The topological polar surface area (TPSA) is 83.8 Å². The summed E-state index contributed by atoms with van der Waals surface area (Å²) in [4.78, 5) is 38.2. The fraction of sp³-hybridized carbons (Fsp3) is 0.375. The molecule has 0 atom stereocenters. The average Bonchev–Trinajstić information content (AvgIpc) is 2.60. The van der Waals surface area contributed by atoms with Gasteiger partial charge in [0.25, 0.3) is 11.6 Å². The first-order chi connectivity index (χ1) is 11.3. The molecule has 0 saturated carbocycles. The molecule has 2 amide bonds. The number of nitrogens with zero attached hydrogens (tertiary/aromatic N) is 3. The summed E-state index contributed by atoms with van der Waals surface area (Å²) < 4.78 is 0. The summed E-state index contributed by atoms with van der Waals surface area (Å²) in [6.07, 6.45) is 0.445. The minimum Gasteiger partial charge on any atom is -0.339 e. The maximum atomic E-state index is 12.5. The molecule has 0 radical (unpaired) electrons. The van der Waals surface area contributed by atoms with E-state index in [0.29, 0.717) is 38.2 Å². The van der Waals surface area contributed by atoms with E-state index >= 15 is 0 Å². The van der Waals surface area contributed by atoms with Gasteiger partial charge in [-0.1, -0.05) is 19.6 Å². The van der Waals surface area contributed by atoms with Crippen LogP contribution in [0.15, 0.2) is 29.7 Å². The first-order valence-corrected chi connectivity index (χ1v) is 8.03.